The van der Waals surface area contributed by atoms with Gasteiger partial charge in [0.2, 0.25) is 0 Å². The number of fused-ring (bicyclic) bond motifs is 1. The van der Waals surface area contributed by atoms with E-state index in [1.54, 1.807) is 0 Å². The second kappa shape index (κ2) is 7.05. The molecular formula is C14H23BN2O2. The molecule has 1 aromatic rings. The zero-order chi connectivity index (χ0) is 13.7. The van der Waals surface area contributed by atoms with E-state index in [2.05, 4.69) is 29.6 Å². The van der Waals surface area contributed by atoms with Crippen molar-refractivity contribution in [3.8, 4) is 0 Å². The maximum absolute atomic E-state index is 8.79. The molecule has 1 heterocycles. The lowest BCUT2D eigenvalue weighted by Crippen LogP contribution is -2.48. The molecule has 0 radical (unpaired) electrons. The van der Waals surface area contributed by atoms with Crippen LogP contribution >= 0.6 is 0 Å². The van der Waals surface area contributed by atoms with Crippen LogP contribution in [-0.4, -0.2) is 29.3 Å². The van der Waals surface area contributed by atoms with Crippen LogP contribution in [0.2, 0.25) is 6.32 Å². The highest BCUT2D eigenvalue weighted by Gasteiger charge is 2.22. The lowest BCUT2D eigenvalue weighted by molar-refractivity contribution is 0.376. The van der Waals surface area contributed by atoms with E-state index in [9.17, 15) is 0 Å². The summed E-state index contributed by atoms with van der Waals surface area (Å²) < 4.78 is 0. The molecule has 0 aromatic heterocycles. The van der Waals surface area contributed by atoms with Gasteiger partial charge < -0.3 is 21.1 Å². The zero-order valence-corrected chi connectivity index (χ0v) is 11.3. The molecule has 5 heteroatoms. The van der Waals surface area contributed by atoms with Crippen molar-refractivity contribution in [1.29, 1.82) is 0 Å². The lowest BCUT2D eigenvalue weighted by atomic mass is 9.82. The van der Waals surface area contributed by atoms with Crippen molar-refractivity contribution in [2.75, 3.05) is 0 Å². The molecular weight excluding hydrogens is 239 g/mol. The Morgan fingerprint density at radius 1 is 1.26 bits per heavy atom. The molecule has 2 unspecified atom stereocenters. The minimum absolute atomic E-state index is 0.129. The van der Waals surface area contributed by atoms with E-state index < -0.39 is 7.12 Å². The topological polar surface area (TPSA) is 78.5 Å². The molecule has 0 spiro atoms. The van der Waals surface area contributed by atoms with E-state index in [-0.39, 0.29) is 6.04 Å². The molecule has 1 aliphatic heterocycles. The summed E-state index contributed by atoms with van der Waals surface area (Å²) in [5, 5.41) is 21.1. The number of nitrogens with two attached hydrogens (primary N) is 1. The predicted molar refractivity (Wildman–Crippen MR) is 77.6 cm³/mol. The monoisotopic (exact) mass is 262 g/mol. The van der Waals surface area contributed by atoms with Crippen LogP contribution in [0.3, 0.4) is 0 Å². The van der Waals surface area contributed by atoms with Crippen molar-refractivity contribution in [1.82, 2.24) is 5.32 Å². The van der Waals surface area contributed by atoms with Gasteiger partial charge in [0.05, 0.1) is 0 Å². The van der Waals surface area contributed by atoms with Gasteiger partial charge in [0, 0.05) is 18.6 Å². The van der Waals surface area contributed by atoms with Gasteiger partial charge in [-0.2, -0.15) is 0 Å². The first kappa shape index (κ1) is 14.5. The number of nitrogens with one attached hydrogen (secondary N) is 1. The van der Waals surface area contributed by atoms with Crippen molar-refractivity contribution < 1.29 is 10.0 Å². The molecule has 5 N–H and O–H groups in total. The van der Waals surface area contributed by atoms with Crippen LogP contribution in [0.1, 0.15) is 30.4 Å². The van der Waals surface area contributed by atoms with Gasteiger partial charge in [0.1, 0.15) is 0 Å². The molecule has 0 fully saturated rings. The maximum atomic E-state index is 8.79. The number of rotatable bonds is 6. The fourth-order valence-corrected chi connectivity index (χ4v) is 2.69. The first-order valence-corrected chi connectivity index (χ1v) is 7.08. The normalized spacial score (nSPS) is 19.8. The molecule has 0 saturated heterocycles. The minimum atomic E-state index is -1.18. The summed E-state index contributed by atoms with van der Waals surface area (Å²) in [5.74, 6) is 0. The highest BCUT2D eigenvalue weighted by Crippen LogP contribution is 2.19. The predicted octanol–water partition coefficient (Wildman–Crippen LogP) is 0.671. The fourth-order valence-electron chi connectivity index (χ4n) is 2.69. The molecule has 2 rings (SSSR count). The SMILES string of the molecule is NC(CCCCB(O)O)C1Cc2ccccc2CN1. The Hall–Kier alpha value is -0.875. The Bertz CT molecular complexity index is 401. The number of benzene rings is 1. The third-order valence-electron chi connectivity index (χ3n) is 3.88. The molecule has 0 bridgehead atoms. The van der Waals surface area contributed by atoms with Gasteiger partial charge in [-0.25, -0.2) is 0 Å². The minimum Gasteiger partial charge on any atom is -0.427 e. The van der Waals surface area contributed by atoms with Crippen LogP contribution in [0.5, 0.6) is 0 Å². The van der Waals surface area contributed by atoms with Gasteiger partial charge >= 0.3 is 7.12 Å². The molecule has 1 aromatic carbocycles. The zero-order valence-electron chi connectivity index (χ0n) is 11.3. The highest BCUT2D eigenvalue weighted by molar-refractivity contribution is 6.40. The molecule has 19 heavy (non-hydrogen) atoms. The quantitative estimate of drug-likeness (QED) is 0.449. The fraction of sp³-hybridized carbons (Fsp3) is 0.571. The number of unbranched alkanes of at least 4 members (excludes halogenated alkanes) is 1. The standard InChI is InChI=1S/C14H23BN2O2/c16-13(7-3-4-8-15(18)19)14-9-11-5-1-2-6-12(11)10-17-14/h1-2,5-6,13-14,17-19H,3-4,7-10,16H2. The highest BCUT2D eigenvalue weighted by atomic mass is 16.4. The van der Waals surface area contributed by atoms with Gasteiger partial charge in [-0.3, -0.25) is 0 Å². The van der Waals surface area contributed by atoms with Crippen LogP contribution < -0.4 is 11.1 Å². The molecule has 4 nitrogen and oxygen atoms in total. The summed E-state index contributed by atoms with van der Waals surface area (Å²) in [6.45, 7) is 0.893. The van der Waals surface area contributed by atoms with E-state index in [1.165, 1.54) is 11.1 Å². The van der Waals surface area contributed by atoms with E-state index in [0.717, 1.165) is 32.2 Å². The number of hydrogen-bond acceptors (Lipinski definition) is 4. The van der Waals surface area contributed by atoms with E-state index in [0.29, 0.717) is 12.4 Å². The van der Waals surface area contributed by atoms with Gasteiger partial charge in [0.25, 0.3) is 0 Å². The van der Waals surface area contributed by atoms with Crippen molar-refractivity contribution in [2.24, 2.45) is 5.73 Å². The van der Waals surface area contributed by atoms with E-state index >= 15 is 0 Å². The van der Waals surface area contributed by atoms with E-state index in [1.807, 2.05) is 0 Å². The van der Waals surface area contributed by atoms with Gasteiger partial charge in [0.15, 0.2) is 0 Å². The Morgan fingerprint density at radius 2 is 2.00 bits per heavy atom. The first-order valence-electron chi connectivity index (χ1n) is 7.08. The smallest absolute Gasteiger partial charge is 0.427 e. The summed E-state index contributed by atoms with van der Waals surface area (Å²) in [6.07, 6.45) is 4.10. The Balaban J connectivity index is 1.77. The van der Waals surface area contributed by atoms with Crippen molar-refractivity contribution in [2.45, 2.75) is 50.6 Å². The van der Waals surface area contributed by atoms with Crippen molar-refractivity contribution >= 4 is 7.12 Å². The van der Waals surface area contributed by atoms with Gasteiger partial charge in [-0.15, -0.1) is 0 Å². The molecule has 1 aliphatic rings. The molecule has 0 aliphatic carbocycles. The van der Waals surface area contributed by atoms with Crippen LogP contribution in [0.15, 0.2) is 24.3 Å². The average Bonchev–Trinajstić information content (AvgIpc) is 2.42. The van der Waals surface area contributed by atoms with Gasteiger partial charge in [-0.1, -0.05) is 37.1 Å². The molecule has 0 saturated carbocycles. The van der Waals surface area contributed by atoms with Crippen LogP contribution in [0.4, 0.5) is 0 Å². The van der Waals surface area contributed by atoms with Gasteiger partial charge in [-0.05, 0) is 30.3 Å². The second-order valence-electron chi connectivity index (χ2n) is 5.39. The lowest BCUT2D eigenvalue weighted by Gasteiger charge is -2.30. The Morgan fingerprint density at radius 3 is 2.74 bits per heavy atom. The summed E-state index contributed by atoms with van der Waals surface area (Å²) in [5.41, 5.74) is 9.00. The van der Waals surface area contributed by atoms with Crippen molar-refractivity contribution in [3.63, 3.8) is 0 Å². The third kappa shape index (κ3) is 4.32. The average molecular weight is 262 g/mol. The van der Waals surface area contributed by atoms with Crippen LogP contribution in [0.25, 0.3) is 0 Å². The summed E-state index contributed by atoms with van der Waals surface area (Å²) in [4.78, 5) is 0. The molecule has 0 amide bonds. The second-order valence-corrected chi connectivity index (χ2v) is 5.39. The van der Waals surface area contributed by atoms with Crippen molar-refractivity contribution in [3.05, 3.63) is 35.4 Å². The number of hydrogen-bond donors (Lipinski definition) is 4. The maximum Gasteiger partial charge on any atom is 0.451 e. The molecule has 104 valence electrons. The van der Waals surface area contributed by atoms with Crippen LogP contribution in [0, 0.1) is 0 Å². The first-order chi connectivity index (χ1) is 9.16. The summed E-state index contributed by atoms with van der Waals surface area (Å²) in [6, 6.07) is 8.94. The largest absolute Gasteiger partial charge is 0.451 e. The summed E-state index contributed by atoms with van der Waals surface area (Å²) >= 11 is 0. The summed E-state index contributed by atoms with van der Waals surface area (Å²) in [7, 11) is -1.18. The van der Waals surface area contributed by atoms with E-state index in [4.69, 9.17) is 15.8 Å². The Kier molecular flexibility index (Phi) is 5.40. The van der Waals surface area contributed by atoms with Crippen LogP contribution in [-0.2, 0) is 13.0 Å². The molecule has 2 atom stereocenters. The third-order valence-corrected chi connectivity index (χ3v) is 3.88. The Labute approximate surface area is 115 Å².